The minimum Gasteiger partial charge on any atom is -0.545 e. The van der Waals surface area contributed by atoms with E-state index in [9.17, 15) is 20.0 Å². The van der Waals surface area contributed by atoms with Crippen LogP contribution in [-0.4, -0.2) is 37.1 Å². The number of hydrogen-bond acceptors (Lipinski definition) is 6. The van der Waals surface area contributed by atoms with Crippen molar-refractivity contribution in [1.82, 2.24) is 0 Å². The Bertz CT molecular complexity index is 867. The molecule has 1 saturated heterocycles. The Labute approximate surface area is 159 Å². The van der Waals surface area contributed by atoms with Crippen molar-refractivity contribution in [2.75, 3.05) is 36.0 Å². The van der Waals surface area contributed by atoms with Gasteiger partial charge in [-0.25, -0.2) is 0 Å². The largest absolute Gasteiger partial charge is 0.545 e. The molecule has 0 bridgehead atoms. The summed E-state index contributed by atoms with van der Waals surface area (Å²) in [4.78, 5) is 25.7. The number of hydrogen-bond donors (Lipinski definition) is 0. The van der Waals surface area contributed by atoms with Crippen molar-refractivity contribution in [3.63, 3.8) is 0 Å². The fourth-order valence-corrected chi connectivity index (χ4v) is 3.24. The normalized spacial score (nSPS) is 14.4. The molecule has 9 heteroatoms. The molecule has 26 heavy (non-hydrogen) atoms. The monoisotopic (exact) mass is 394 g/mol. The maximum absolute atomic E-state index is 11.3. The summed E-state index contributed by atoms with van der Waals surface area (Å²) in [6, 6.07) is 9.21. The molecule has 7 nitrogen and oxygen atoms in total. The van der Waals surface area contributed by atoms with E-state index in [0.29, 0.717) is 41.9 Å². The van der Waals surface area contributed by atoms with E-state index < -0.39 is 10.9 Å². The van der Waals surface area contributed by atoms with Crippen molar-refractivity contribution in [2.24, 2.45) is 0 Å². The quantitative estimate of drug-likeness (QED) is 0.584. The van der Waals surface area contributed by atoms with Gasteiger partial charge in [-0.2, -0.15) is 0 Å². The number of nitrogens with zero attached hydrogens (tertiary/aromatic N) is 3. The van der Waals surface area contributed by atoms with Gasteiger partial charge in [0, 0.05) is 43.5 Å². The van der Waals surface area contributed by atoms with Crippen LogP contribution in [0, 0.1) is 10.1 Å². The highest BCUT2D eigenvalue weighted by Gasteiger charge is 2.24. The summed E-state index contributed by atoms with van der Waals surface area (Å²) < 4.78 is 0. The predicted molar refractivity (Wildman–Crippen MR) is 98.3 cm³/mol. The number of benzene rings is 2. The number of carboxylic acid groups (broad SMARTS) is 1. The number of carbonyl (C=O) groups excluding carboxylic acids is 1. The minimum atomic E-state index is -1.44. The zero-order valence-electron chi connectivity index (χ0n) is 13.5. The third-order valence-electron chi connectivity index (χ3n) is 4.30. The number of piperazine rings is 1. The molecule has 1 fully saturated rings. The summed E-state index contributed by atoms with van der Waals surface area (Å²) in [5, 5.41) is 23.2. The second-order valence-electron chi connectivity index (χ2n) is 5.82. The van der Waals surface area contributed by atoms with Gasteiger partial charge in [-0.1, -0.05) is 29.3 Å². The van der Waals surface area contributed by atoms with E-state index >= 15 is 0 Å². The molecule has 3 rings (SSSR count). The topological polar surface area (TPSA) is 89.8 Å². The zero-order chi connectivity index (χ0) is 18.8. The lowest BCUT2D eigenvalue weighted by molar-refractivity contribution is -0.384. The van der Waals surface area contributed by atoms with Gasteiger partial charge in [0.2, 0.25) is 0 Å². The van der Waals surface area contributed by atoms with E-state index in [1.165, 1.54) is 12.1 Å². The van der Waals surface area contributed by atoms with Gasteiger partial charge in [0.1, 0.15) is 5.69 Å². The van der Waals surface area contributed by atoms with Crippen molar-refractivity contribution in [3.05, 3.63) is 62.1 Å². The summed E-state index contributed by atoms with van der Waals surface area (Å²) in [5.41, 5.74) is 0.874. The van der Waals surface area contributed by atoms with Crippen LogP contribution in [0.3, 0.4) is 0 Å². The molecule has 0 N–H and O–H groups in total. The molecule has 1 aliphatic heterocycles. The summed E-state index contributed by atoms with van der Waals surface area (Å²) in [6.07, 6.45) is 0. The molecule has 0 amide bonds. The van der Waals surface area contributed by atoms with Gasteiger partial charge < -0.3 is 19.7 Å². The number of carbonyl (C=O) groups is 1. The van der Waals surface area contributed by atoms with Crippen LogP contribution in [0.2, 0.25) is 10.0 Å². The van der Waals surface area contributed by atoms with Crippen molar-refractivity contribution in [2.45, 2.75) is 0 Å². The third-order valence-corrected chi connectivity index (χ3v) is 5.04. The Morgan fingerprint density at radius 2 is 1.62 bits per heavy atom. The lowest BCUT2D eigenvalue weighted by Crippen LogP contribution is -2.46. The molecule has 1 heterocycles. The number of anilines is 2. The van der Waals surface area contributed by atoms with E-state index in [4.69, 9.17) is 23.2 Å². The smallest absolute Gasteiger partial charge is 0.293 e. The van der Waals surface area contributed by atoms with Crippen LogP contribution < -0.4 is 14.9 Å². The maximum atomic E-state index is 11.3. The molecule has 1 aliphatic rings. The van der Waals surface area contributed by atoms with Gasteiger partial charge in [-0.15, -0.1) is 0 Å². The van der Waals surface area contributed by atoms with Crippen LogP contribution in [0.15, 0.2) is 36.4 Å². The molecule has 136 valence electrons. The number of nitro benzene ring substituents is 1. The number of halogens is 2. The van der Waals surface area contributed by atoms with E-state index in [1.807, 2.05) is 11.0 Å². The molecular weight excluding hydrogens is 381 g/mol. The summed E-state index contributed by atoms with van der Waals surface area (Å²) in [7, 11) is 0. The van der Waals surface area contributed by atoms with Crippen LogP contribution in [0.1, 0.15) is 10.4 Å². The summed E-state index contributed by atoms with van der Waals surface area (Å²) in [6.45, 7) is 2.37. The molecule has 0 unspecified atom stereocenters. The van der Waals surface area contributed by atoms with Crippen molar-refractivity contribution >= 4 is 46.2 Å². The average Bonchev–Trinajstić information content (AvgIpc) is 2.63. The lowest BCUT2D eigenvalue weighted by atomic mass is 10.1. The van der Waals surface area contributed by atoms with Gasteiger partial charge in [0.15, 0.2) is 0 Å². The Balaban J connectivity index is 1.78. The second kappa shape index (κ2) is 7.39. The maximum Gasteiger partial charge on any atom is 0.293 e. The fourth-order valence-electron chi connectivity index (χ4n) is 2.95. The number of carboxylic acids is 1. The van der Waals surface area contributed by atoms with E-state index in [0.717, 1.165) is 11.8 Å². The highest BCUT2D eigenvalue weighted by atomic mass is 35.5. The van der Waals surface area contributed by atoms with Gasteiger partial charge in [0.05, 0.1) is 20.9 Å². The molecule has 0 aliphatic carbocycles. The number of rotatable bonds is 4. The second-order valence-corrected chi connectivity index (χ2v) is 6.63. The fraction of sp³-hybridized carbons (Fsp3) is 0.235. The van der Waals surface area contributed by atoms with Crippen LogP contribution in [0.25, 0.3) is 0 Å². The van der Waals surface area contributed by atoms with Gasteiger partial charge >= 0.3 is 0 Å². The Morgan fingerprint density at radius 1 is 0.962 bits per heavy atom. The molecule has 2 aromatic carbocycles. The van der Waals surface area contributed by atoms with Crippen molar-refractivity contribution in [3.8, 4) is 0 Å². The van der Waals surface area contributed by atoms with E-state index in [-0.39, 0.29) is 11.3 Å². The first kappa shape index (κ1) is 18.3. The van der Waals surface area contributed by atoms with E-state index in [2.05, 4.69) is 4.90 Å². The summed E-state index contributed by atoms with van der Waals surface area (Å²) in [5.74, 6) is -1.44. The summed E-state index contributed by atoms with van der Waals surface area (Å²) >= 11 is 12.0. The molecular formula is C17H14Cl2N3O4-. The highest BCUT2D eigenvalue weighted by Crippen LogP contribution is 2.32. The molecule has 0 atom stereocenters. The number of nitro groups is 1. The zero-order valence-corrected chi connectivity index (χ0v) is 15.0. The van der Waals surface area contributed by atoms with Crippen LogP contribution in [-0.2, 0) is 0 Å². The molecule has 0 spiro atoms. The lowest BCUT2D eigenvalue weighted by Gasteiger charge is -2.37. The third kappa shape index (κ3) is 3.68. The Kier molecular flexibility index (Phi) is 5.20. The van der Waals surface area contributed by atoms with E-state index in [1.54, 1.807) is 12.1 Å². The van der Waals surface area contributed by atoms with Crippen LogP contribution in [0.4, 0.5) is 17.1 Å². The SMILES string of the molecule is O=C([O-])c1ccc(N2CCN(c3ccc(Cl)c(Cl)c3)CC2)c([N+](=O)[O-])c1. The van der Waals surface area contributed by atoms with Crippen molar-refractivity contribution < 1.29 is 14.8 Å². The Morgan fingerprint density at radius 3 is 2.19 bits per heavy atom. The van der Waals surface area contributed by atoms with Gasteiger partial charge in [-0.05, 0) is 24.3 Å². The highest BCUT2D eigenvalue weighted by molar-refractivity contribution is 6.42. The van der Waals surface area contributed by atoms with Crippen LogP contribution >= 0.6 is 23.2 Å². The number of aromatic carboxylic acids is 1. The molecule has 2 aromatic rings. The first-order valence-electron chi connectivity index (χ1n) is 7.81. The molecule has 0 saturated carbocycles. The van der Waals surface area contributed by atoms with Gasteiger partial charge in [0.25, 0.3) is 5.69 Å². The first-order chi connectivity index (χ1) is 12.4. The van der Waals surface area contributed by atoms with Crippen molar-refractivity contribution in [1.29, 1.82) is 0 Å². The van der Waals surface area contributed by atoms with Gasteiger partial charge in [-0.3, -0.25) is 10.1 Å². The molecule has 0 radical (unpaired) electrons. The predicted octanol–water partition coefficient (Wildman–Crippen LogP) is 2.59. The first-order valence-corrected chi connectivity index (χ1v) is 8.57. The molecule has 0 aromatic heterocycles. The average molecular weight is 395 g/mol. The minimum absolute atomic E-state index is 0.213. The standard InChI is InChI=1S/C17H15Cl2N3O4/c18-13-3-2-12(10-14(13)19)20-5-7-21(8-6-20)15-4-1-11(17(23)24)9-16(15)22(25)26/h1-4,9-10H,5-8H2,(H,23,24)/p-1. The Hall–Kier alpha value is -2.51. The van der Waals surface area contributed by atoms with Crippen LogP contribution in [0.5, 0.6) is 0 Å².